The van der Waals surface area contributed by atoms with E-state index in [4.69, 9.17) is 5.16 Å². The summed E-state index contributed by atoms with van der Waals surface area (Å²) in [5.74, 6) is 1.43. The normalized spacial score (nSPS) is 11.2. The van der Waals surface area contributed by atoms with Crippen molar-refractivity contribution in [1.82, 2.24) is 29.9 Å². The van der Waals surface area contributed by atoms with Crippen molar-refractivity contribution in [2.45, 2.75) is 0 Å². The number of aromatic amines is 3. The number of nitrogens with one attached hydrogen (secondary N) is 7. The van der Waals surface area contributed by atoms with Crippen molar-refractivity contribution in [3.63, 3.8) is 0 Å². The fourth-order valence-electron chi connectivity index (χ4n) is 1.54. The van der Waals surface area contributed by atoms with Gasteiger partial charge in [-0.25, -0.2) is 15.0 Å². The van der Waals surface area contributed by atoms with E-state index in [-0.39, 0.29) is 0 Å². The molecule has 3 rings (SSSR count). The van der Waals surface area contributed by atoms with Crippen LogP contribution in [-0.2, 0) is 0 Å². The Morgan fingerprint density at radius 2 is 1.10 bits per heavy atom. The van der Waals surface area contributed by atoms with Crippen molar-refractivity contribution in [1.29, 1.82) is 5.16 Å². The summed E-state index contributed by atoms with van der Waals surface area (Å²) in [5, 5.41) is 17.5. The van der Waals surface area contributed by atoms with Gasteiger partial charge in [0.2, 0.25) is 25.4 Å². The number of hydrogen-bond donors (Lipinski definition) is 7. The molecule has 0 atom stereocenters. The van der Waals surface area contributed by atoms with Gasteiger partial charge in [-0.3, -0.25) is 20.4 Å². The third-order valence-electron chi connectivity index (χ3n) is 2.32. The number of rotatable bonds is 6. The Labute approximate surface area is 113 Å². The highest BCUT2D eigenvalue weighted by Crippen LogP contribution is 2.43. The van der Waals surface area contributed by atoms with E-state index in [0.29, 0.717) is 17.8 Å². The molecule has 7 N–H and O–H groups in total. The first-order valence-corrected chi connectivity index (χ1v) is 7.49. The molecule has 0 aromatic carbocycles. The van der Waals surface area contributed by atoms with E-state index < -0.39 is 7.51 Å². The van der Waals surface area contributed by atoms with Gasteiger partial charge >= 0.3 is 0 Å². The lowest BCUT2D eigenvalue weighted by molar-refractivity contribution is 1.27. The van der Waals surface area contributed by atoms with Crippen molar-refractivity contribution < 1.29 is 0 Å². The zero-order chi connectivity index (χ0) is 13.8. The van der Waals surface area contributed by atoms with Crippen LogP contribution in [0.3, 0.4) is 0 Å². The lowest BCUT2D eigenvalue weighted by Gasteiger charge is -2.23. The second-order valence-corrected chi connectivity index (χ2v) is 5.83. The average molecular weight is 292 g/mol. The largest absolute Gasteiger partial charge is 0.331 e. The maximum Gasteiger partial charge on any atom is 0.240 e. The SMILES string of the molecule is N=P(Nc1ncc[nH]1)(Nc1ncc[nH]1)Nc1ncc[nH]1. The molecule has 0 fully saturated rings. The third-order valence-corrected chi connectivity index (χ3v) is 3.96. The summed E-state index contributed by atoms with van der Waals surface area (Å²) in [6, 6.07) is 0. The quantitative estimate of drug-likeness (QED) is 0.346. The van der Waals surface area contributed by atoms with Gasteiger partial charge in [-0.05, 0) is 0 Å². The van der Waals surface area contributed by atoms with Crippen LogP contribution in [0.2, 0.25) is 0 Å². The molecule has 3 heterocycles. The first kappa shape index (κ1) is 12.3. The van der Waals surface area contributed by atoms with E-state index >= 15 is 0 Å². The molecule has 0 aliphatic rings. The summed E-state index contributed by atoms with van der Waals surface area (Å²) in [6.07, 6.45) is 9.83. The molecule has 10 nitrogen and oxygen atoms in total. The Kier molecular flexibility index (Phi) is 3.13. The van der Waals surface area contributed by atoms with Crippen LogP contribution in [0.5, 0.6) is 0 Å². The Balaban J connectivity index is 1.83. The lowest BCUT2D eigenvalue weighted by atomic mass is 11.0. The maximum atomic E-state index is 8.55. The van der Waals surface area contributed by atoms with Crippen LogP contribution in [0.4, 0.5) is 17.8 Å². The first-order chi connectivity index (χ1) is 9.73. The van der Waals surface area contributed by atoms with E-state index in [0.717, 1.165) is 0 Å². The fraction of sp³-hybridized carbons (Fsp3) is 0. The van der Waals surface area contributed by atoms with Gasteiger partial charge in [0.15, 0.2) is 0 Å². The van der Waals surface area contributed by atoms with Gasteiger partial charge in [-0.15, -0.1) is 0 Å². The van der Waals surface area contributed by atoms with Gasteiger partial charge in [-0.1, -0.05) is 0 Å². The molecule has 11 heteroatoms. The highest BCUT2D eigenvalue weighted by atomic mass is 31.2. The smallest absolute Gasteiger partial charge is 0.240 e. The minimum Gasteiger partial charge on any atom is -0.331 e. The fourth-order valence-corrected chi connectivity index (χ4v) is 3.03. The first-order valence-electron chi connectivity index (χ1n) is 5.71. The average Bonchev–Trinajstić information content (AvgIpc) is 3.11. The molecule has 20 heavy (non-hydrogen) atoms. The number of hydrogen-bond acceptors (Lipinski definition) is 4. The van der Waals surface area contributed by atoms with Gasteiger partial charge in [0, 0.05) is 37.2 Å². The molecule has 0 bridgehead atoms. The standard InChI is InChI=1S/C9H13N10P/c10-20(17-7-11-1-2-12-7,18-8-13-3-4-14-8)19-9-15-5-6-16-9/h1-6H,(H7,10,11,12,13,14,15,16,17,18,19). The molecule has 0 radical (unpaired) electrons. The zero-order valence-corrected chi connectivity index (χ0v) is 11.1. The van der Waals surface area contributed by atoms with E-state index in [9.17, 15) is 0 Å². The highest BCUT2D eigenvalue weighted by Gasteiger charge is 2.20. The van der Waals surface area contributed by atoms with Gasteiger partial charge in [-0.2, -0.15) is 0 Å². The molecule has 0 spiro atoms. The molecule has 104 valence electrons. The molecule has 3 aromatic rings. The van der Waals surface area contributed by atoms with E-state index in [1.165, 1.54) is 0 Å². The number of H-pyrrole nitrogens is 3. The summed E-state index contributed by atoms with van der Waals surface area (Å²) in [6.45, 7) is 0. The van der Waals surface area contributed by atoms with Gasteiger partial charge in [0.1, 0.15) is 0 Å². The highest BCUT2D eigenvalue weighted by molar-refractivity contribution is 7.69. The molecule has 0 unspecified atom stereocenters. The minimum atomic E-state index is -2.82. The Hall–Kier alpha value is -2.74. The monoisotopic (exact) mass is 292 g/mol. The van der Waals surface area contributed by atoms with Gasteiger partial charge in [0.05, 0.1) is 0 Å². The molecule has 0 saturated carbocycles. The van der Waals surface area contributed by atoms with Crippen molar-refractivity contribution in [2.24, 2.45) is 0 Å². The summed E-state index contributed by atoms with van der Waals surface area (Å²) in [4.78, 5) is 20.9. The van der Waals surface area contributed by atoms with Gasteiger partial charge < -0.3 is 15.0 Å². The topological polar surface area (TPSA) is 146 Å². The third kappa shape index (κ3) is 2.81. The summed E-state index contributed by atoms with van der Waals surface area (Å²) < 4.78 is 0. The minimum absolute atomic E-state index is 0.478. The molecular formula is C9H13N10P. The molecule has 3 aromatic heterocycles. The van der Waals surface area contributed by atoms with Crippen LogP contribution >= 0.6 is 7.51 Å². The van der Waals surface area contributed by atoms with Crippen LogP contribution in [0.15, 0.2) is 37.2 Å². The molecular weight excluding hydrogens is 279 g/mol. The maximum absolute atomic E-state index is 8.55. The van der Waals surface area contributed by atoms with Crippen molar-refractivity contribution >= 4 is 25.4 Å². The molecule has 0 amide bonds. The van der Waals surface area contributed by atoms with E-state index in [1.807, 2.05) is 0 Å². The number of nitrogens with zero attached hydrogens (tertiary/aromatic N) is 3. The predicted octanol–water partition coefficient (Wildman–Crippen LogP) is 2.02. The predicted molar refractivity (Wildman–Crippen MR) is 76.3 cm³/mol. The second kappa shape index (κ2) is 5.10. The van der Waals surface area contributed by atoms with Crippen LogP contribution in [0.1, 0.15) is 0 Å². The Morgan fingerprint density at radius 1 is 0.750 bits per heavy atom. The van der Waals surface area contributed by atoms with Crippen LogP contribution < -0.4 is 15.3 Å². The number of anilines is 3. The number of aromatic nitrogens is 6. The molecule has 0 aliphatic heterocycles. The number of imidazole rings is 3. The van der Waals surface area contributed by atoms with Crippen molar-refractivity contribution in [2.75, 3.05) is 15.3 Å². The van der Waals surface area contributed by atoms with Crippen molar-refractivity contribution in [3.8, 4) is 0 Å². The molecule has 0 aliphatic carbocycles. The van der Waals surface area contributed by atoms with Crippen LogP contribution in [0, 0.1) is 5.16 Å². The van der Waals surface area contributed by atoms with Crippen molar-refractivity contribution in [3.05, 3.63) is 37.2 Å². The lowest BCUT2D eigenvalue weighted by Crippen LogP contribution is -2.15. The Morgan fingerprint density at radius 3 is 1.35 bits per heavy atom. The Bertz CT molecular complexity index is 575. The zero-order valence-electron chi connectivity index (χ0n) is 10.3. The van der Waals surface area contributed by atoms with Crippen LogP contribution in [0.25, 0.3) is 0 Å². The second-order valence-electron chi connectivity index (χ2n) is 3.82. The van der Waals surface area contributed by atoms with Gasteiger partial charge in [0.25, 0.3) is 0 Å². The van der Waals surface area contributed by atoms with E-state index in [1.54, 1.807) is 37.2 Å². The summed E-state index contributed by atoms with van der Waals surface area (Å²) in [5.41, 5.74) is 0. The summed E-state index contributed by atoms with van der Waals surface area (Å²) in [7, 11) is -2.82. The molecule has 0 saturated heterocycles. The van der Waals surface area contributed by atoms with E-state index in [2.05, 4.69) is 45.2 Å². The van der Waals surface area contributed by atoms with Crippen LogP contribution in [-0.4, -0.2) is 29.9 Å². The summed E-state index contributed by atoms with van der Waals surface area (Å²) >= 11 is 0.